The maximum atomic E-state index is 5.64. The van der Waals surface area contributed by atoms with E-state index < -0.39 is 0 Å². The van der Waals surface area contributed by atoms with Crippen molar-refractivity contribution < 1.29 is 9.47 Å². The van der Waals surface area contributed by atoms with E-state index >= 15 is 0 Å². The molecule has 0 fully saturated rings. The molecule has 0 unspecified atom stereocenters. The van der Waals surface area contributed by atoms with Crippen LogP contribution >= 0.6 is 22.6 Å². The van der Waals surface area contributed by atoms with E-state index in [0.29, 0.717) is 12.0 Å². The number of methoxy groups -OCH3 is 1. The fraction of sp³-hybridized carbons (Fsp3) is 0.667. The molecule has 0 amide bonds. The monoisotopic (exact) mass is 418 g/mol. The minimum absolute atomic E-state index is 0.0405. The molecule has 0 atom stereocenters. The quantitative estimate of drug-likeness (QED) is 0.373. The number of ether oxygens (including phenoxy) is 2. The third-order valence-corrected chi connectivity index (χ3v) is 4.02. The van der Waals surface area contributed by atoms with E-state index in [1.165, 1.54) is 17.3 Å². The zero-order valence-corrected chi connectivity index (χ0v) is 15.8. The molecule has 0 saturated carbocycles. The van der Waals surface area contributed by atoms with Crippen LogP contribution in [0, 0.1) is 6.92 Å². The van der Waals surface area contributed by atoms with Crippen LogP contribution in [-0.4, -0.2) is 37.2 Å². The lowest BCUT2D eigenvalue weighted by atomic mass is 10.2. The SMILES string of the molecule is COc1nc2c(C)nc(OC(C)C)nc2n1CCCCCI. The molecule has 122 valence electrons. The predicted molar refractivity (Wildman–Crippen MR) is 95.1 cm³/mol. The van der Waals surface area contributed by atoms with Crippen LogP contribution in [0.5, 0.6) is 12.0 Å². The summed E-state index contributed by atoms with van der Waals surface area (Å²) in [6.45, 7) is 6.69. The van der Waals surface area contributed by atoms with Crippen LogP contribution in [0.1, 0.15) is 38.8 Å². The van der Waals surface area contributed by atoms with Gasteiger partial charge in [-0.3, -0.25) is 4.57 Å². The summed E-state index contributed by atoms with van der Waals surface area (Å²) in [5, 5.41) is 0. The summed E-state index contributed by atoms with van der Waals surface area (Å²) in [4.78, 5) is 13.4. The Morgan fingerprint density at radius 1 is 1.14 bits per heavy atom. The molecule has 0 spiro atoms. The van der Waals surface area contributed by atoms with E-state index in [0.717, 1.165) is 29.8 Å². The minimum Gasteiger partial charge on any atom is -0.468 e. The van der Waals surface area contributed by atoms with Crippen molar-refractivity contribution >= 4 is 33.8 Å². The maximum absolute atomic E-state index is 5.64. The standard InChI is InChI=1S/C15H23IN4O2/c1-10(2)22-14-17-11(3)12-13(19-14)20(15(18-12)21-4)9-7-5-6-8-16/h10H,5-9H2,1-4H3. The molecule has 0 aliphatic carbocycles. The normalized spacial score (nSPS) is 11.4. The van der Waals surface area contributed by atoms with Gasteiger partial charge in [-0.1, -0.05) is 29.0 Å². The van der Waals surface area contributed by atoms with Gasteiger partial charge in [-0.15, -0.1) is 0 Å². The van der Waals surface area contributed by atoms with Crippen molar-refractivity contribution in [2.75, 3.05) is 11.5 Å². The van der Waals surface area contributed by atoms with Crippen LogP contribution in [0.2, 0.25) is 0 Å². The van der Waals surface area contributed by atoms with E-state index in [1.807, 2.05) is 25.3 Å². The minimum atomic E-state index is 0.0405. The van der Waals surface area contributed by atoms with Gasteiger partial charge in [0.15, 0.2) is 5.65 Å². The van der Waals surface area contributed by atoms with Crippen molar-refractivity contribution in [3.05, 3.63) is 5.69 Å². The number of nitrogens with zero attached hydrogens (tertiary/aromatic N) is 4. The van der Waals surface area contributed by atoms with E-state index in [-0.39, 0.29) is 6.10 Å². The Morgan fingerprint density at radius 2 is 1.91 bits per heavy atom. The van der Waals surface area contributed by atoms with Crippen molar-refractivity contribution in [3.63, 3.8) is 0 Å². The van der Waals surface area contributed by atoms with Crippen molar-refractivity contribution in [2.45, 2.75) is 52.7 Å². The molecule has 6 nitrogen and oxygen atoms in total. The predicted octanol–water partition coefficient (Wildman–Crippen LogP) is 3.54. The Bertz CT molecular complexity index is 628. The molecule has 0 radical (unpaired) electrons. The van der Waals surface area contributed by atoms with E-state index in [4.69, 9.17) is 9.47 Å². The molecule has 2 aromatic rings. The van der Waals surface area contributed by atoms with Crippen LogP contribution in [0.15, 0.2) is 0 Å². The summed E-state index contributed by atoms with van der Waals surface area (Å²) in [5.41, 5.74) is 2.38. The zero-order valence-electron chi connectivity index (χ0n) is 13.6. The third kappa shape index (κ3) is 3.99. The summed E-state index contributed by atoms with van der Waals surface area (Å²) in [6.07, 6.45) is 3.53. The first kappa shape index (κ1) is 17.2. The Labute approximate surface area is 144 Å². The molecule has 0 bridgehead atoms. The van der Waals surface area contributed by atoms with Gasteiger partial charge < -0.3 is 9.47 Å². The number of alkyl halides is 1. The molecule has 0 aliphatic rings. The summed E-state index contributed by atoms with van der Waals surface area (Å²) in [5.74, 6) is 0. The van der Waals surface area contributed by atoms with Gasteiger partial charge >= 0.3 is 6.01 Å². The first-order valence-electron chi connectivity index (χ1n) is 7.58. The summed E-state index contributed by atoms with van der Waals surface area (Å²) >= 11 is 2.41. The molecule has 2 aromatic heterocycles. The third-order valence-electron chi connectivity index (χ3n) is 3.25. The number of aromatic nitrogens is 4. The number of halogens is 1. The second-order valence-electron chi connectivity index (χ2n) is 5.43. The molecule has 0 saturated heterocycles. The number of hydrogen-bond donors (Lipinski definition) is 0. The molecule has 7 heteroatoms. The molecule has 0 N–H and O–H groups in total. The second-order valence-corrected chi connectivity index (χ2v) is 6.51. The highest BCUT2D eigenvalue weighted by Gasteiger charge is 2.17. The molecular weight excluding hydrogens is 395 g/mol. The van der Waals surface area contributed by atoms with Crippen LogP contribution < -0.4 is 9.47 Å². The van der Waals surface area contributed by atoms with Crippen LogP contribution in [0.3, 0.4) is 0 Å². The van der Waals surface area contributed by atoms with Crippen molar-refractivity contribution in [1.82, 2.24) is 19.5 Å². The van der Waals surface area contributed by atoms with Gasteiger partial charge in [0.25, 0.3) is 6.01 Å². The molecular formula is C15H23IN4O2. The van der Waals surface area contributed by atoms with Crippen molar-refractivity contribution in [1.29, 1.82) is 0 Å². The Hall–Kier alpha value is -1.12. The van der Waals surface area contributed by atoms with E-state index in [1.54, 1.807) is 7.11 Å². The van der Waals surface area contributed by atoms with Gasteiger partial charge in [0.05, 0.1) is 18.9 Å². The highest BCUT2D eigenvalue weighted by Crippen LogP contribution is 2.24. The summed E-state index contributed by atoms with van der Waals surface area (Å²) < 4.78 is 14.2. The molecule has 2 rings (SSSR count). The lowest BCUT2D eigenvalue weighted by Gasteiger charge is -2.10. The number of hydrogen-bond acceptors (Lipinski definition) is 5. The number of imidazole rings is 1. The smallest absolute Gasteiger partial charge is 0.318 e. The molecule has 0 aliphatic heterocycles. The lowest BCUT2D eigenvalue weighted by Crippen LogP contribution is -2.10. The van der Waals surface area contributed by atoms with Crippen LogP contribution in [0.25, 0.3) is 11.2 Å². The highest BCUT2D eigenvalue weighted by molar-refractivity contribution is 14.1. The average molecular weight is 418 g/mol. The molecule has 22 heavy (non-hydrogen) atoms. The van der Waals surface area contributed by atoms with Gasteiger partial charge in [0.1, 0.15) is 5.52 Å². The first-order valence-corrected chi connectivity index (χ1v) is 9.10. The van der Waals surface area contributed by atoms with Crippen molar-refractivity contribution in [3.8, 4) is 12.0 Å². The fourth-order valence-electron chi connectivity index (χ4n) is 2.25. The number of rotatable bonds is 8. The van der Waals surface area contributed by atoms with Gasteiger partial charge in [-0.2, -0.15) is 15.0 Å². The van der Waals surface area contributed by atoms with Crippen LogP contribution in [0.4, 0.5) is 0 Å². The maximum Gasteiger partial charge on any atom is 0.318 e. The van der Waals surface area contributed by atoms with E-state index in [2.05, 4.69) is 37.5 Å². The van der Waals surface area contributed by atoms with Crippen LogP contribution in [-0.2, 0) is 6.54 Å². The van der Waals surface area contributed by atoms with Gasteiger partial charge in [-0.05, 0) is 38.0 Å². The number of unbranched alkanes of at least 4 members (excludes halogenated alkanes) is 2. The number of fused-ring (bicyclic) bond motifs is 1. The zero-order chi connectivity index (χ0) is 16.1. The Morgan fingerprint density at radius 3 is 2.55 bits per heavy atom. The highest BCUT2D eigenvalue weighted by atomic mass is 127. The molecule has 0 aromatic carbocycles. The average Bonchev–Trinajstić information content (AvgIpc) is 2.81. The molecule has 2 heterocycles. The van der Waals surface area contributed by atoms with Gasteiger partial charge in [-0.25, -0.2) is 0 Å². The Balaban J connectivity index is 2.36. The lowest BCUT2D eigenvalue weighted by molar-refractivity contribution is 0.222. The topological polar surface area (TPSA) is 62.1 Å². The Kier molecular flexibility index (Phi) is 6.22. The van der Waals surface area contributed by atoms with Gasteiger partial charge in [0, 0.05) is 6.54 Å². The summed E-state index contributed by atoms with van der Waals surface area (Å²) in [7, 11) is 1.64. The fourth-order valence-corrected chi connectivity index (χ4v) is 2.79. The van der Waals surface area contributed by atoms with Crippen molar-refractivity contribution in [2.24, 2.45) is 0 Å². The van der Waals surface area contributed by atoms with E-state index in [9.17, 15) is 0 Å². The van der Waals surface area contributed by atoms with Gasteiger partial charge in [0.2, 0.25) is 0 Å². The first-order chi connectivity index (χ1) is 10.6. The second kappa shape index (κ2) is 7.94. The summed E-state index contributed by atoms with van der Waals surface area (Å²) in [6, 6.07) is 0.986. The largest absolute Gasteiger partial charge is 0.468 e. The number of aryl methyl sites for hydroxylation is 2.